The monoisotopic (exact) mass is 378 g/mol. The van der Waals surface area contributed by atoms with Gasteiger partial charge in [-0.15, -0.1) is 0 Å². The first-order valence-electron chi connectivity index (χ1n) is 6.92. The number of carbonyl (C=O) groups is 2. The van der Waals surface area contributed by atoms with Gasteiger partial charge in [-0.2, -0.15) is 0 Å². The summed E-state index contributed by atoms with van der Waals surface area (Å²) in [5.74, 6) is -0.725. The minimum absolute atomic E-state index is 0.0202. The number of Topliss-reactive ketones (excluding diaryl/α,β-unsaturated/α-hetero) is 1. The van der Waals surface area contributed by atoms with E-state index in [0.29, 0.717) is 11.1 Å². The lowest BCUT2D eigenvalue weighted by Crippen LogP contribution is -2.07. The molecule has 2 heterocycles. The molecule has 0 fully saturated rings. The van der Waals surface area contributed by atoms with E-state index in [1.165, 1.54) is 0 Å². The van der Waals surface area contributed by atoms with E-state index in [1.54, 1.807) is 25.3 Å². The third kappa shape index (κ3) is 3.68. The van der Waals surface area contributed by atoms with Crippen LogP contribution in [0.2, 0.25) is 0 Å². The summed E-state index contributed by atoms with van der Waals surface area (Å²) in [5, 5.41) is 9.72. The molecule has 23 heavy (non-hydrogen) atoms. The van der Waals surface area contributed by atoms with Crippen LogP contribution in [0.5, 0.6) is 0 Å². The molecule has 2 aromatic heterocycles. The summed E-state index contributed by atoms with van der Waals surface area (Å²) in [6, 6.07) is 7.14. The van der Waals surface area contributed by atoms with Gasteiger partial charge in [0.1, 0.15) is 5.52 Å². The fourth-order valence-electron chi connectivity index (χ4n) is 2.09. The van der Waals surface area contributed by atoms with Crippen LogP contribution in [-0.4, -0.2) is 32.2 Å². The Bertz CT molecular complexity index is 927. The highest BCUT2D eigenvalue weighted by Gasteiger charge is 2.09. The van der Waals surface area contributed by atoms with Gasteiger partial charge in [0, 0.05) is 34.5 Å². The van der Waals surface area contributed by atoms with E-state index in [4.69, 9.17) is 5.11 Å². The number of hydrogen-bond acceptors (Lipinski definition) is 3. The SMILES string of the molecule is CCC(=O)O.O=C(CBr)c1ccc2[nH]c(=O)c3[nH]ccc3c2c1. The molecule has 0 unspecified atom stereocenters. The summed E-state index contributed by atoms with van der Waals surface area (Å²) in [5.41, 5.74) is 1.75. The molecule has 3 aromatic rings. The zero-order valence-corrected chi connectivity index (χ0v) is 13.9. The number of H-pyrrole nitrogens is 2. The third-order valence-corrected chi connectivity index (χ3v) is 3.79. The van der Waals surface area contributed by atoms with Gasteiger partial charge in [0.05, 0.1) is 5.33 Å². The van der Waals surface area contributed by atoms with Gasteiger partial charge < -0.3 is 15.1 Å². The van der Waals surface area contributed by atoms with Crippen molar-refractivity contribution in [3.63, 3.8) is 0 Å². The minimum Gasteiger partial charge on any atom is -0.481 e. The van der Waals surface area contributed by atoms with Crippen molar-refractivity contribution in [3.8, 4) is 0 Å². The van der Waals surface area contributed by atoms with E-state index in [9.17, 15) is 14.4 Å². The minimum atomic E-state index is -0.745. The Balaban J connectivity index is 0.000000338. The molecule has 0 radical (unpaired) electrons. The molecule has 0 saturated carbocycles. The number of aromatic amines is 2. The lowest BCUT2D eigenvalue weighted by Gasteiger charge is -2.02. The second kappa shape index (κ2) is 7.23. The third-order valence-electron chi connectivity index (χ3n) is 3.28. The van der Waals surface area contributed by atoms with Crippen LogP contribution in [-0.2, 0) is 4.79 Å². The van der Waals surface area contributed by atoms with Crippen molar-refractivity contribution in [1.29, 1.82) is 0 Å². The number of hydrogen-bond donors (Lipinski definition) is 3. The highest BCUT2D eigenvalue weighted by molar-refractivity contribution is 9.09. The second-order valence-electron chi connectivity index (χ2n) is 4.78. The smallest absolute Gasteiger partial charge is 0.303 e. The Morgan fingerprint density at radius 3 is 2.52 bits per heavy atom. The molecular weight excluding hydrogens is 364 g/mol. The number of halogens is 1. The Hall–Kier alpha value is -2.41. The van der Waals surface area contributed by atoms with Gasteiger partial charge in [-0.3, -0.25) is 14.4 Å². The normalized spacial score (nSPS) is 10.3. The molecule has 7 heteroatoms. The number of nitrogens with one attached hydrogen (secondary N) is 2. The van der Waals surface area contributed by atoms with Gasteiger partial charge >= 0.3 is 5.97 Å². The zero-order valence-electron chi connectivity index (χ0n) is 12.4. The lowest BCUT2D eigenvalue weighted by molar-refractivity contribution is -0.136. The van der Waals surface area contributed by atoms with Crippen LogP contribution in [0.3, 0.4) is 0 Å². The first kappa shape index (κ1) is 17.0. The molecule has 0 aliphatic heterocycles. The Kier molecular flexibility index (Phi) is 5.33. The Morgan fingerprint density at radius 1 is 1.22 bits per heavy atom. The Morgan fingerprint density at radius 2 is 1.91 bits per heavy atom. The van der Waals surface area contributed by atoms with Crippen molar-refractivity contribution in [2.75, 3.05) is 5.33 Å². The highest BCUT2D eigenvalue weighted by atomic mass is 79.9. The number of rotatable bonds is 3. The molecule has 0 amide bonds. The molecule has 0 atom stereocenters. The number of carbonyl (C=O) groups excluding carboxylic acids is 1. The fourth-order valence-corrected chi connectivity index (χ4v) is 2.42. The molecule has 0 saturated heterocycles. The van der Waals surface area contributed by atoms with Crippen LogP contribution in [0.25, 0.3) is 21.8 Å². The summed E-state index contributed by atoms with van der Waals surface area (Å²) in [6.45, 7) is 1.60. The van der Waals surface area contributed by atoms with Crippen molar-refractivity contribution in [1.82, 2.24) is 9.97 Å². The van der Waals surface area contributed by atoms with Crippen LogP contribution in [0.15, 0.2) is 35.3 Å². The molecule has 0 spiro atoms. The van der Waals surface area contributed by atoms with Crippen LogP contribution in [0, 0.1) is 0 Å². The number of ketones is 1. The van der Waals surface area contributed by atoms with Crippen LogP contribution < -0.4 is 5.56 Å². The number of aliphatic carboxylic acids is 1. The van der Waals surface area contributed by atoms with Crippen LogP contribution in [0.1, 0.15) is 23.7 Å². The molecule has 0 aliphatic carbocycles. The molecule has 6 nitrogen and oxygen atoms in total. The topological polar surface area (TPSA) is 103 Å². The summed E-state index contributed by atoms with van der Waals surface area (Å²) in [7, 11) is 0. The van der Waals surface area contributed by atoms with E-state index < -0.39 is 5.97 Å². The van der Waals surface area contributed by atoms with Crippen molar-refractivity contribution >= 4 is 49.5 Å². The lowest BCUT2D eigenvalue weighted by atomic mass is 10.1. The molecule has 3 rings (SSSR count). The van der Waals surface area contributed by atoms with E-state index in [1.807, 2.05) is 12.1 Å². The maximum Gasteiger partial charge on any atom is 0.303 e. The van der Waals surface area contributed by atoms with Gasteiger partial charge in [-0.25, -0.2) is 0 Å². The summed E-state index contributed by atoms with van der Waals surface area (Å²) in [6.07, 6.45) is 1.94. The predicted octanol–water partition coefficient (Wildman–Crippen LogP) is 3.07. The molecule has 3 N–H and O–H groups in total. The van der Waals surface area contributed by atoms with Crippen molar-refractivity contribution < 1.29 is 14.7 Å². The number of benzene rings is 1. The number of carboxylic acids is 1. The average Bonchev–Trinajstić information content (AvgIpc) is 3.05. The number of pyridine rings is 1. The number of alkyl halides is 1. The number of aromatic nitrogens is 2. The van der Waals surface area contributed by atoms with E-state index in [-0.39, 0.29) is 23.1 Å². The quantitative estimate of drug-likeness (QED) is 0.481. The molecule has 1 aromatic carbocycles. The second-order valence-corrected chi connectivity index (χ2v) is 5.35. The van der Waals surface area contributed by atoms with E-state index in [0.717, 1.165) is 16.3 Å². The van der Waals surface area contributed by atoms with Crippen molar-refractivity contribution in [2.24, 2.45) is 0 Å². The summed E-state index contributed by atoms with van der Waals surface area (Å²) in [4.78, 5) is 38.5. The van der Waals surface area contributed by atoms with Crippen molar-refractivity contribution in [2.45, 2.75) is 13.3 Å². The maximum atomic E-state index is 11.8. The molecule has 120 valence electrons. The van der Waals surface area contributed by atoms with E-state index >= 15 is 0 Å². The molecule has 0 aliphatic rings. The fraction of sp³-hybridized carbons (Fsp3) is 0.188. The van der Waals surface area contributed by atoms with E-state index in [2.05, 4.69) is 25.9 Å². The van der Waals surface area contributed by atoms with Gasteiger partial charge in [0.15, 0.2) is 5.78 Å². The molecular formula is C16H15BrN2O4. The van der Waals surface area contributed by atoms with Gasteiger partial charge in [-0.1, -0.05) is 22.9 Å². The standard InChI is InChI=1S/C13H9BrN2O2.C3H6O2/c14-6-11(17)7-1-2-10-9(5-7)8-3-4-15-12(8)13(18)16-10;1-2-3(4)5/h1-5,15H,6H2,(H,16,18);2H2,1H3,(H,4,5). The Labute approximate surface area is 139 Å². The summed E-state index contributed by atoms with van der Waals surface area (Å²) >= 11 is 3.16. The number of carboxylic acid groups (broad SMARTS) is 1. The van der Waals surface area contributed by atoms with Crippen LogP contribution in [0.4, 0.5) is 0 Å². The van der Waals surface area contributed by atoms with Crippen LogP contribution >= 0.6 is 15.9 Å². The average molecular weight is 379 g/mol. The van der Waals surface area contributed by atoms with Gasteiger partial charge in [0.25, 0.3) is 5.56 Å². The van der Waals surface area contributed by atoms with Gasteiger partial charge in [0.2, 0.25) is 0 Å². The van der Waals surface area contributed by atoms with Crippen molar-refractivity contribution in [3.05, 3.63) is 46.4 Å². The maximum absolute atomic E-state index is 11.8. The molecule has 0 bridgehead atoms. The number of fused-ring (bicyclic) bond motifs is 3. The van der Waals surface area contributed by atoms with Gasteiger partial charge in [-0.05, 0) is 24.3 Å². The predicted molar refractivity (Wildman–Crippen MR) is 92.5 cm³/mol. The highest BCUT2D eigenvalue weighted by Crippen LogP contribution is 2.22. The zero-order chi connectivity index (χ0) is 17.0. The first-order chi connectivity index (χ1) is 11.0. The summed E-state index contributed by atoms with van der Waals surface area (Å²) < 4.78 is 0. The first-order valence-corrected chi connectivity index (χ1v) is 8.04. The largest absolute Gasteiger partial charge is 0.481 e.